The number of rotatable bonds is 14. The van der Waals surface area contributed by atoms with Crippen LogP contribution in [0.2, 0.25) is 0 Å². The third-order valence-corrected chi connectivity index (χ3v) is 9.39. The molecule has 1 atom stereocenters. The SMILES string of the molecule is CCCCNC(=O)[C@@H](CC)N(Cc1ccc(C)cc1)C(=O)CN(c1ccc(C)cc1)S(=O)(=O)c1ccc(OC)c(Br)c1. The average molecular weight is 659 g/mol. The van der Waals surface area contributed by atoms with E-state index in [9.17, 15) is 18.0 Å². The third-order valence-electron chi connectivity index (χ3n) is 7.00. The smallest absolute Gasteiger partial charge is 0.264 e. The average Bonchev–Trinajstić information content (AvgIpc) is 2.97. The summed E-state index contributed by atoms with van der Waals surface area (Å²) < 4.78 is 35.0. The number of nitrogens with one attached hydrogen (secondary N) is 1. The number of sulfonamides is 1. The van der Waals surface area contributed by atoms with Crippen LogP contribution in [0.5, 0.6) is 5.75 Å². The van der Waals surface area contributed by atoms with Crippen molar-refractivity contribution in [2.75, 3.05) is 24.5 Å². The molecule has 0 saturated heterocycles. The fourth-order valence-electron chi connectivity index (χ4n) is 4.49. The number of nitrogens with zero attached hydrogens (tertiary/aromatic N) is 2. The molecule has 0 aliphatic heterocycles. The number of benzene rings is 3. The Morgan fingerprint density at radius 3 is 2.12 bits per heavy atom. The summed E-state index contributed by atoms with van der Waals surface area (Å²) >= 11 is 3.37. The van der Waals surface area contributed by atoms with Crippen LogP contribution in [0.1, 0.15) is 49.8 Å². The predicted molar refractivity (Wildman–Crippen MR) is 170 cm³/mol. The van der Waals surface area contributed by atoms with Crippen LogP contribution < -0.4 is 14.4 Å². The van der Waals surface area contributed by atoms with Gasteiger partial charge in [0, 0.05) is 13.1 Å². The molecule has 0 aliphatic rings. The maximum Gasteiger partial charge on any atom is 0.264 e. The normalized spacial score (nSPS) is 12.0. The molecule has 0 unspecified atom stereocenters. The highest BCUT2D eigenvalue weighted by Crippen LogP contribution is 2.31. The lowest BCUT2D eigenvalue weighted by Gasteiger charge is -2.33. The summed E-state index contributed by atoms with van der Waals surface area (Å²) in [6, 6.07) is 18.4. The van der Waals surface area contributed by atoms with Crippen LogP contribution in [-0.4, -0.2) is 51.4 Å². The van der Waals surface area contributed by atoms with Gasteiger partial charge in [0.15, 0.2) is 0 Å². The molecule has 0 fully saturated rings. The molecule has 226 valence electrons. The molecular formula is C32H40BrN3O5S. The Morgan fingerprint density at radius 2 is 1.57 bits per heavy atom. The standard InChI is InChI=1S/C32H40BrN3O5S/c1-6-8-19-34-32(38)29(7-2)35(21-25-13-9-23(3)10-14-25)31(37)22-36(26-15-11-24(4)12-16-26)42(39,40)27-17-18-30(41-5)28(33)20-27/h9-18,20,29H,6-8,19,21-22H2,1-5H3,(H,34,38)/t29-/m1/s1. The van der Waals surface area contributed by atoms with Gasteiger partial charge in [0.2, 0.25) is 11.8 Å². The van der Waals surface area contributed by atoms with Gasteiger partial charge in [-0.15, -0.1) is 0 Å². The summed E-state index contributed by atoms with van der Waals surface area (Å²) in [5.41, 5.74) is 3.21. The molecule has 0 aromatic heterocycles. The number of carbonyl (C=O) groups excluding carboxylic acids is 2. The summed E-state index contributed by atoms with van der Waals surface area (Å²) in [6.07, 6.45) is 2.12. The first-order chi connectivity index (χ1) is 20.0. The number of methoxy groups -OCH3 is 1. The van der Waals surface area contributed by atoms with E-state index in [-0.39, 0.29) is 17.3 Å². The number of hydrogen-bond acceptors (Lipinski definition) is 5. The zero-order valence-corrected chi connectivity index (χ0v) is 27.3. The van der Waals surface area contributed by atoms with Gasteiger partial charge >= 0.3 is 0 Å². The minimum absolute atomic E-state index is 0.00187. The number of anilines is 1. The van der Waals surface area contributed by atoms with Crippen LogP contribution in [0.15, 0.2) is 76.1 Å². The lowest BCUT2D eigenvalue weighted by Crippen LogP contribution is -2.52. The highest BCUT2D eigenvalue weighted by Gasteiger charge is 2.34. The van der Waals surface area contributed by atoms with Crippen molar-refractivity contribution in [1.82, 2.24) is 10.2 Å². The first-order valence-electron chi connectivity index (χ1n) is 14.1. The Bertz CT molecular complexity index is 1460. The number of carbonyl (C=O) groups is 2. The number of unbranched alkanes of at least 4 members (excludes halogenated alkanes) is 1. The van der Waals surface area contributed by atoms with Crippen molar-refractivity contribution in [2.45, 2.75) is 64.4 Å². The molecule has 0 saturated carbocycles. The van der Waals surface area contributed by atoms with Crippen LogP contribution in [0, 0.1) is 13.8 Å². The Kier molecular flexibility index (Phi) is 12.0. The van der Waals surface area contributed by atoms with Crippen molar-refractivity contribution in [2.24, 2.45) is 0 Å². The van der Waals surface area contributed by atoms with E-state index in [0.29, 0.717) is 28.9 Å². The van der Waals surface area contributed by atoms with Gasteiger partial charge < -0.3 is 15.0 Å². The molecule has 10 heteroatoms. The van der Waals surface area contributed by atoms with E-state index in [1.54, 1.807) is 30.3 Å². The van der Waals surface area contributed by atoms with Crippen molar-refractivity contribution in [3.05, 3.63) is 87.9 Å². The van der Waals surface area contributed by atoms with E-state index in [1.807, 2.05) is 52.0 Å². The molecule has 3 aromatic carbocycles. The molecule has 0 bridgehead atoms. The fourth-order valence-corrected chi connectivity index (χ4v) is 6.62. The molecule has 0 radical (unpaired) electrons. The number of aryl methyl sites for hydroxylation is 2. The fraction of sp³-hybridized carbons (Fsp3) is 0.375. The van der Waals surface area contributed by atoms with Crippen LogP contribution >= 0.6 is 15.9 Å². The van der Waals surface area contributed by atoms with E-state index < -0.39 is 28.5 Å². The summed E-state index contributed by atoms with van der Waals surface area (Å²) in [5, 5.41) is 2.95. The molecule has 2 amide bonds. The molecule has 3 rings (SSSR count). The van der Waals surface area contributed by atoms with Crippen LogP contribution in [0.3, 0.4) is 0 Å². The largest absolute Gasteiger partial charge is 0.496 e. The minimum atomic E-state index is -4.19. The van der Waals surface area contributed by atoms with E-state index in [4.69, 9.17) is 4.74 Å². The topological polar surface area (TPSA) is 96.0 Å². The second-order valence-electron chi connectivity index (χ2n) is 10.2. The summed E-state index contributed by atoms with van der Waals surface area (Å²) in [7, 11) is -2.70. The van der Waals surface area contributed by atoms with Crippen LogP contribution in [-0.2, 0) is 26.2 Å². The van der Waals surface area contributed by atoms with Crippen LogP contribution in [0.4, 0.5) is 5.69 Å². The first-order valence-corrected chi connectivity index (χ1v) is 16.3. The molecule has 3 aromatic rings. The van der Waals surface area contributed by atoms with Gasteiger partial charge in [0.05, 0.1) is 22.2 Å². The van der Waals surface area contributed by atoms with E-state index in [0.717, 1.165) is 33.8 Å². The second kappa shape index (κ2) is 15.2. The van der Waals surface area contributed by atoms with Gasteiger partial charge in [-0.3, -0.25) is 13.9 Å². The summed E-state index contributed by atoms with van der Waals surface area (Å²) in [4.78, 5) is 28.9. The Hall–Kier alpha value is -3.37. The number of hydrogen-bond donors (Lipinski definition) is 1. The summed E-state index contributed by atoms with van der Waals surface area (Å²) in [6.45, 7) is 7.95. The van der Waals surface area contributed by atoms with Crippen molar-refractivity contribution in [3.8, 4) is 5.75 Å². The van der Waals surface area contributed by atoms with Crippen LogP contribution in [0.25, 0.3) is 0 Å². The zero-order chi connectivity index (χ0) is 30.9. The number of ether oxygens (including phenoxy) is 1. The van der Waals surface area contributed by atoms with E-state index in [1.165, 1.54) is 24.1 Å². The lowest BCUT2D eigenvalue weighted by atomic mass is 10.1. The van der Waals surface area contributed by atoms with Gasteiger partial charge in [-0.05, 0) is 78.5 Å². The quantitative estimate of drug-likeness (QED) is 0.215. The molecule has 42 heavy (non-hydrogen) atoms. The lowest BCUT2D eigenvalue weighted by molar-refractivity contribution is -0.140. The van der Waals surface area contributed by atoms with E-state index >= 15 is 0 Å². The van der Waals surface area contributed by atoms with Crippen molar-refractivity contribution < 1.29 is 22.7 Å². The predicted octanol–water partition coefficient (Wildman–Crippen LogP) is 5.99. The second-order valence-corrected chi connectivity index (χ2v) is 12.9. The van der Waals surface area contributed by atoms with Gasteiger partial charge in [0.25, 0.3) is 10.0 Å². The van der Waals surface area contributed by atoms with Gasteiger partial charge in [0.1, 0.15) is 18.3 Å². The van der Waals surface area contributed by atoms with Crippen molar-refractivity contribution in [3.63, 3.8) is 0 Å². The Labute approximate surface area is 258 Å². The zero-order valence-electron chi connectivity index (χ0n) is 24.9. The van der Waals surface area contributed by atoms with E-state index in [2.05, 4.69) is 21.2 Å². The van der Waals surface area contributed by atoms with Crippen molar-refractivity contribution >= 4 is 43.5 Å². The monoisotopic (exact) mass is 657 g/mol. The van der Waals surface area contributed by atoms with Gasteiger partial charge in [-0.2, -0.15) is 0 Å². The third kappa shape index (κ3) is 8.35. The highest BCUT2D eigenvalue weighted by molar-refractivity contribution is 9.10. The molecule has 8 nitrogen and oxygen atoms in total. The summed E-state index contributed by atoms with van der Waals surface area (Å²) in [5.74, 6) is -0.254. The first kappa shape index (κ1) is 33.1. The number of halogens is 1. The number of amides is 2. The van der Waals surface area contributed by atoms with Gasteiger partial charge in [-0.25, -0.2) is 8.42 Å². The molecule has 0 spiro atoms. The molecule has 0 heterocycles. The highest BCUT2D eigenvalue weighted by atomic mass is 79.9. The molecular weight excluding hydrogens is 618 g/mol. The van der Waals surface area contributed by atoms with Gasteiger partial charge in [-0.1, -0.05) is 67.8 Å². The van der Waals surface area contributed by atoms with Crippen molar-refractivity contribution in [1.29, 1.82) is 0 Å². The minimum Gasteiger partial charge on any atom is -0.496 e. The molecule has 1 N–H and O–H groups in total. The maximum atomic E-state index is 14.2. The maximum absolute atomic E-state index is 14.2. The Balaban J connectivity index is 2.05. The molecule has 0 aliphatic carbocycles. The Morgan fingerprint density at radius 1 is 0.952 bits per heavy atom.